The molecule has 0 spiro atoms. The Labute approximate surface area is 179 Å². The van der Waals surface area contributed by atoms with Crippen molar-refractivity contribution in [2.75, 3.05) is 23.3 Å². The average molecular weight is 417 g/mol. The molecule has 1 aliphatic rings. The number of anilines is 2. The quantitative estimate of drug-likeness (QED) is 0.468. The van der Waals surface area contributed by atoms with Gasteiger partial charge in [0.25, 0.3) is 5.91 Å². The molecule has 0 bridgehead atoms. The number of nitrogens with zero attached hydrogens (tertiary/aromatic N) is 3. The van der Waals surface area contributed by atoms with Crippen molar-refractivity contribution in [1.29, 1.82) is 0 Å². The summed E-state index contributed by atoms with van der Waals surface area (Å²) in [5.41, 5.74) is 3.92. The van der Waals surface area contributed by atoms with Crippen LogP contribution in [0.1, 0.15) is 34.6 Å². The Hall–Kier alpha value is -3.12. The molecule has 1 amide bonds. The Morgan fingerprint density at radius 2 is 1.73 bits per heavy atom. The van der Waals surface area contributed by atoms with Crippen molar-refractivity contribution in [3.63, 3.8) is 0 Å². The highest BCUT2D eigenvalue weighted by Crippen LogP contribution is 2.32. The van der Waals surface area contributed by atoms with Gasteiger partial charge in [-0.1, -0.05) is 30.3 Å². The van der Waals surface area contributed by atoms with Crippen molar-refractivity contribution in [1.82, 2.24) is 9.78 Å². The number of amides is 1. The van der Waals surface area contributed by atoms with Crippen molar-refractivity contribution in [3.8, 4) is 5.69 Å². The Kier molecular flexibility index (Phi) is 5.01. The minimum absolute atomic E-state index is 0.0697. The molecule has 152 valence electrons. The summed E-state index contributed by atoms with van der Waals surface area (Å²) in [5.74, 6) is -0.0697. The van der Waals surface area contributed by atoms with Crippen LogP contribution in [-0.2, 0) is 0 Å². The summed E-state index contributed by atoms with van der Waals surface area (Å²) in [7, 11) is 0. The standard InChI is InChI=1S/C24H24N4OS/c1-17-19-16-22(30-24(19)28(26-17)18-10-4-2-5-11-18)23(29)25-20-12-6-7-13-21(20)27-14-8-3-9-15-27/h2,4-7,10-13,16H,3,8-9,14-15H2,1H3,(H,25,29). The molecule has 4 aromatic rings. The summed E-state index contributed by atoms with van der Waals surface area (Å²) >= 11 is 1.48. The highest BCUT2D eigenvalue weighted by atomic mass is 32.1. The lowest BCUT2D eigenvalue weighted by atomic mass is 10.1. The third-order valence-corrected chi connectivity index (χ3v) is 6.73. The first-order valence-corrected chi connectivity index (χ1v) is 11.2. The summed E-state index contributed by atoms with van der Waals surface area (Å²) in [6.45, 7) is 4.07. The first-order chi connectivity index (χ1) is 14.7. The van der Waals surface area contributed by atoms with Gasteiger partial charge in [-0.2, -0.15) is 5.10 Å². The number of rotatable bonds is 4. The van der Waals surface area contributed by atoms with Crippen LogP contribution in [-0.4, -0.2) is 28.8 Å². The third kappa shape index (κ3) is 3.48. The molecule has 0 aliphatic carbocycles. The minimum atomic E-state index is -0.0697. The second-order valence-corrected chi connectivity index (χ2v) is 8.71. The number of benzene rings is 2. The first kappa shape index (κ1) is 18.9. The van der Waals surface area contributed by atoms with Crippen molar-refractivity contribution in [2.45, 2.75) is 26.2 Å². The van der Waals surface area contributed by atoms with E-state index in [4.69, 9.17) is 0 Å². The fourth-order valence-corrected chi connectivity index (χ4v) is 5.16. The maximum absolute atomic E-state index is 13.1. The molecule has 6 heteroatoms. The van der Waals surface area contributed by atoms with Crippen LogP contribution in [0.5, 0.6) is 0 Å². The zero-order valence-corrected chi connectivity index (χ0v) is 17.8. The highest BCUT2D eigenvalue weighted by molar-refractivity contribution is 7.20. The first-order valence-electron chi connectivity index (χ1n) is 10.4. The molecule has 5 nitrogen and oxygen atoms in total. The summed E-state index contributed by atoms with van der Waals surface area (Å²) in [4.78, 5) is 17.2. The van der Waals surface area contributed by atoms with Crippen molar-refractivity contribution in [3.05, 3.63) is 71.2 Å². The average Bonchev–Trinajstić information content (AvgIpc) is 3.36. The van der Waals surface area contributed by atoms with Crippen LogP contribution in [0.2, 0.25) is 0 Å². The number of thiophene rings is 1. The second kappa shape index (κ2) is 7.95. The molecule has 2 aromatic carbocycles. The Balaban J connectivity index is 1.45. The van der Waals surface area contributed by atoms with Gasteiger partial charge in [0.2, 0.25) is 0 Å². The highest BCUT2D eigenvalue weighted by Gasteiger charge is 2.19. The number of aryl methyl sites for hydroxylation is 1. The van der Waals surface area contributed by atoms with Crippen LogP contribution in [0.4, 0.5) is 11.4 Å². The number of piperidine rings is 1. The molecule has 1 N–H and O–H groups in total. The maximum Gasteiger partial charge on any atom is 0.265 e. The van der Waals surface area contributed by atoms with Crippen molar-refractivity contribution < 1.29 is 4.79 Å². The Morgan fingerprint density at radius 1 is 1.00 bits per heavy atom. The number of fused-ring (bicyclic) bond motifs is 1. The summed E-state index contributed by atoms with van der Waals surface area (Å²) in [6, 6.07) is 20.1. The zero-order valence-electron chi connectivity index (χ0n) is 17.0. The largest absolute Gasteiger partial charge is 0.370 e. The zero-order chi connectivity index (χ0) is 20.5. The van der Waals surface area contributed by atoms with Gasteiger partial charge < -0.3 is 10.2 Å². The molecule has 1 fully saturated rings. The van der Waals surface area contributed by atoms with Crippen molar-refractivity contribution >= 4 is 38.8 Å². The molecule has 0 atom stereocenters. The van der Waals surface area contributed by atoms with E-state index in [1.54, 1.807) is 0 Å². The van der Waals surface area contributed by atoms with Gasteiger partial charge in [0.1, 0.15) is 4.83 Å². The van der Waals surface area contributed by atoms with Crippen LogP contribution in [0.15, 0.2) is 60.7 Å². The normalized spacial score (nSPS) is 14.2. The van der Waals surface area contributed by atoms with E-state index in [-0.39, 0.29) is 5.91 Å². The van der Waals surface area contributed by atoms with Gasteiger partial charge in [0, 0.05) is 18.5 Å². The second-order valence-electron chi connectivity index (χ2n) is 7.68. The fraction of sp³-hybridized carbons (Fsp3) is 0.250. The number of carbonyl (C=O) groups is 1. The van der Waals surface area contributed by atoms with E-state index in [9.17, 15) is 4.79 Å². The number of aromatic nitrogens is 2. The lowest BCUT2D eigenvalue weighted by Gasteiger charge is -2.30. The molecule has 3 heterocycles. The molecule has 0 saturated carbocycles. The van der Waals surface area contributed by atoms with Crippen LogP contribution in [0.3, 0.4) is 0 Å². The lowest BCUT2D eigenvalue weighted by molar-refractivity contribution is 0.103. The molecular weight excluding hydrogens is 392 g/mol. The van der Waals surface area contributed by atoms with Crippen LogP contribution in [0.25, 0.3) is 15.9 Å². The van der Waals surface area contributed by atoms with Crippen LogP contribution in [0, 0.1) is 6.92 Å². The van der Waals surface area contributed by atoms with Gasteiger partial charge in [-0.15, -0.1) is 11.3 Å². The Morgan fingerprint density at radius 3 is 2.53 bits per heavy atom. The van der Waals surface area contributed by atoms with Gasteiger partial charge >= 0.3 is 0 Å². The molecular formula is C24H24N4OS. The lowest BCUT2D eigenvalue weighted by Crippen LogP contribution is -2.30. The van der Waals surface area contributed by atoms with Gasteiger partial charge in [-0.05, 0) is 56.5 Å². The molecule has 1 aliphatic heterocycles. The van der Waals surface area contributed by atoms with E-state index in [2.05, 4.69) is 21.4 Å². The number of hydrogen-bond donors (Lipinski definition) is 1. The van der Waals surface area contributed by atoms with Gasteiger partial charge in [0.15, 0.2) is 0 Å². The summed E-state index contributed by atoms with van der Waals surface area (Å²) in [6.07, 6.45) is 3.69. The topological polar surface area (TPSA) is 50.2 Å². The molecule has 5 rings (SSSR count). The summed E-state index contributed by atoms with van der Waals surface area (Å²) < 4.78 is 1.92. The van der Waals surface area contributed by atoms with E-state index in [0.29, 0.717) is 4.88 Å². The van der Waals surface area contributed by atoms with E-state index in [0.717, 1.165) is 46.1 Å². The maximum atomic E-state index is 13.1. The van der Waals surface area contributed by atoms with Crippen LogP contribution < -0.4 is 10.2 Å². The van der Waals surface area contributed by atoms with E-state index < -0.39 is 0 Å². The smallest absolute Gasteiger partial charge is 0.265 e. The number of hydrogen-bond acceptors (Lipinski definition) is 4. The number of carbonyl (C=O) groups excluding carboxylic acids is 1. The van der Waals surface area contributed by atoms with Crippen molar-refractivity contribution in [2.24, 2.45) is 0 Å². The van der Waals surface area contributed by atoms with Gasteiger partial charge in [-0.3, -0.25) is 4.79 Å². The SMILES string of the molecule is Cc1nn(-c2ccccc2)c2sc(C(=O)Nc3ccccc3N3CCCCC3)cc12. The van der Waals surface area contributed by atoms with Crippen LogP contribution >= 0.6 is 11.3 Å². The van der Waals surface area contributed by atoms with Gasteiger partial charge in [-0.25, -0.2) is 4.68 Å². The molecule has 2 aromatic heterocycles. The Bertz CT molecular complexity index is 1190. The third-order valence-electron chi connectivity index (χ3n) is 5.62. The number of nitrogens with one attached hydrogen (secondary N) is 1. The predicted molar refractivity (Wildman–Crippen MR) is 124 cm³/mol. The van der Waals surface area contributed by atoms with E-state index >= 15 is 0 Å². The molecule has 1 saturated heterocycles. The summed E-state index contributed by atoms with van der Waals surface area (Å²) in [5, 5.41) is 8.85. The predicted octanol–water partition coefficient (Wildman–Crippen LogP) is 5.64. The van der Waals surface area contributed by atoms with E-state index in [1.165, 1.54) is 30.6 Å². The molecule has 0 unspecified atom stereocenters. The fourth-order valence-electron chi connectivity index (χ4n) is 4.08. The molecule has 30 heavy (non-hydrogen) atoms. The van der Waals surface area contributed by atoms with E-state index in [1.807, 2.05) is 66.2 Å². The molecule has 0 radical (unpaired) electrons. The monoisotopic (exact) mass is 416 g/mol. The minimum Gasteiger partial charge on any atom is -0.370 e. The van der Waals surface area contributed by atoms with Gasteiger partial charge in [0.05, 0.1) is 27.6 Å². The number of para-hydroxylation sites is 3.